The Bertz CT molecular complexity index is 1020. The second-order valence-electron chi connectivity index (χ2n) is 8.23. The van der Waals surface area contributed by atoms with Gasteiger partial charge in [-0.2, -0.15) is 0 Å². The minimum atomic E-state index is 0.168. The van der Waals surface area contributed by atoms with Crippen molar-refractivity contribution >= 4 is 22.7 Å². The number of benzene rings is 1. The van der Waals surface area contributed by atoms with Crippen LogP contribution >= 0.6 is 0 Å². The van der Waals surface area contributed by atoms with Crippen molar-refractivity contribution in [3.8, 4) is 5.75 Å². The summed E-state index contributed by atoms with van der Waals surface area (Å²) in [5, 5.41) is 3.43. The number of morpholine rings is 1. The van der Waals surface area contributed by atoms with Gasteiger partial charge in [0, 0.05) is 49.5 Å². The average molecular weight is 421 g/mol. The summed E-state index contributed by atoms with van der Waals surface area (Å²) < 4.78 is 12.0. The molecule has 2 aromatic heterocycles. The molecule has 1 aromatic carbocycles. The van der Waals surface area contributed by atoms with Gasteiger partial charge >= 0.3 is 0 Å². The summed E-state index contributed by atoms with van der Waals surface area (Å²) >= 11 is 0. The van der Waals surface area contributed by atoms with Crippen LogP contribution in [-0.4, -0.2) is 58.4 Å². The lowest BCUT2D eigenvalue weighted by Gasteiger charge is -2.31. The third-order valence-corrected chi connectivity index (χ3v) is 5.96. The van der Waals surface area contributed by atoms with E-state index in [9.17, 15) is 0 Å². The molecule has 0 atom stereocenters. The van der Waals surface area contributed by atoms with Crippen LogP contribution in [0.4, 0.5) is 11.6 Å². The minimum Gasteiger partial charge on any atom is -0.488 e. The van der Waals surface area contributed by atoms with Crippen LogP contribution < -0.4 is 15.0 Å². The first-order valence-electron chi connectivity index (χ1n) is 11.0. The molecule has 8 heteroatoms. The molecule has 8 nitrogen and oxygen atoms in total. The summed E-state index contributed by atoms with van der Waals surface area (Å²) in [5.74, 6) is 1.52. The van der Waals surface area contributed by atoms with Gasteiger partial charge in [0.05, 0.1) is 30.5 Å². The summed E-state index contributed by atoms with van der Waals surface area (Å²) in [6.07, 6.45) is 9.51. The Morgan fingerprint density at radius 1 is 1.03 bits per heavy atom. The molecule has 0 bridgehead atoms. The standard InChI is InChI=1S/C23H28N6O2/c1-16-15-26-22-20(27-16)13-18(29-9-11-30-12-10-29)14-21(22)31-19-5-3-17(4-6-19)28-23-24-7-2-8-25-23/h2,7-8,13-15,17,19H,3-6,9-12H2,1H3,(H,24,25,28)/t17-,19+. The Morgan fingerprint density at radius 2 is 1.81 bits per heavy atom. The molecular formula is C23H28N6O2. The predicted molar refractivity (Wildman–Crippen MR) is 120 cm³/mol. The highest BCUT2D eigenvalue weighted by Crippen LogP contribution is 2.33. The smallest absolute Gasteiger partial charge is 0.222 e. The highest BCUT2D eigenvalue weighted by Gasteiger charge is 2.24. The van der Waals surface area contributed by atoms with E-state index < -0.39 is 0 Å². The van der Waals surface area contributed by atoms with E-state index in [0.29, 0.717) is 12.0 Å². The molecule has 0 amide bonds. The lowest BCUT2D eigenvalue weighted by molar-refractivity contribution is 0.122. The Morgan fingerprint density at radius 3 is 2.58 bits per heavy atom. The van der Waals surface area contributed by atoms with Crippen molar-refractivity contribution in [2.24, 2.45) is 0 Å². The van der Waals surface area contributed by atoms with Crippen LogP contribution in [-0.2, 0) is 4.74 Å². The summed E-state index contributed by atoms with van der Waals surface area (Å²) in [4.78, 5) is 20.2. The van der Waals surface area contributed by atoms with Gasteiger partial charge in [0.25, 0.3) is 0 Å². The number of anilines is 2. The van der Waals surface area contributed by atoms with Crippen molar-refractivity contribution in [3.63, 3.8) is 0 Å². The fraction of sp³-hybridized carbons (Fsp3) is 0.478. The van der Waals surface area contributed by atoms with Crippen molar-refractivity contribution in [3.05, 3.63) is 42.5 Å². The summed E-state index contributed by atoms with van der Waals surface area (Å²) in [7, 11) is 0. The largest absolute Gasteiger partial charge is 0.488 e. The van der Waals surface area contributed by atoms with Crippen molar-refractivity contribution < 1.29 is 9.47 Å². The molecule has 1 saturated carbocycles. The van der Waals surface area contributed by atoms with E-state index in [4.69, 9.17) is 14.5 Å². The lowest BCUT2D eigenvalue weighted by Crippen LogP contribution is -2.36. The average Bonchev–Trinajstić information content (AvgIpc) is 2.81. The maximum atomic E-state index is 6.52. The number of aromatic nitrogens is 4. The van der Waals surface area contributed by atoms with Crippen LogP contribution in [0.2, 0.25) is 0 Å². The van der Waals surface area contributed by atoms with E-state index >= 15 is 0 Å². The molecule has 1 aliphatic carbocycles. The normalized spacial score (nSPS) is 21.8. The molecule has 2 fully saturated rings. The van der Waals surface area contributed by atoms with Gasteiger partial charge in [-0.05, 0) is 44.7 Å². The predicted octanol–water partition coefficient (Wildman–Crippen LogP) is 3.37. The van der Waals surface area contributed by atoms with Crippen molar-refractivity contribution in [2.75, 3.05) is 36.5 Å². The first kappa shape index (κ1) is 19.9. The summed E-state index contributed by atoms with van der Waals surface area (Å²) in [5.41, 5.74) is 3.76. The van der Waals surface area contributed by atoms with Gasteiger partial charge in [-0.1, -0.05) is 0 Å². The first-order valence-corrected chi connectivity index (χ1v) is 11.0. The zero-order valence-corrected chi connectivity index (χ0v) is 17.8. The van der Waals surface area contributed by atoms with Crippen LogP contribution in [0.3, 0.4) is 0 Å². The van der Waals surface area contributed by atoms with Crippen LogP contribution in [0.15, 0.2) is 36.8 Å². The molecule has 31 heavy (non-hydrogen) atoms. The molecule has 1 N–H and O–H groups in total. The van der Waals surface area contributed by atoms with Gasteiger partial charge in [-0.25, -0.2) is 19.9 Å². The molecular weight excluding hydrogens is 392 g/mol. The number of nitrogens with zero attached hydrogens (tertiary/aromatic N) is 5. The fourth-order valence-electron chi connectivity index (χ4n) is 4.33. The number of ether oxygens (including phenoxy) is 2. The molecule has 3 heterocycles. The molecule has 0 radical (unpaired) electrons. The van der Waals surface area contributed by atoms with Crippen LogP contribution in [0.25, 0.3) is 11.0 Å². The van der Waals surface area contributed by atoms with Crippen LogP contribution in [0.5, 0.6) is 5.75 Å². The van der Waals surface area contributed by atoms with E-state index in [-0.39, 0.29) is 6.10 Å². The Hall–Kier alpha value is -3.00. The van der Waals surface area contributed by atoms with E-state index in [1.165, 1.54) is 0 Å². The van der Waals surface area contributed by atoms with E-state index in [0.717, 1.165) is 80.2 Å². The molecule has 0 spiro atoms. The highest BCUT2D eigenvalue weighted by atomic mass is 16.5. The van der Waals surface area contributed by atoms with Crippen molar-refractivity contribution in [1.29, 1.82) is 0 Å². The second kappa shape index (κ2) is 9.01. The Labute approximate surface area is 182 Å². The Balaban J connectivity index is 1.31. The number of hydrogen-bond donors (Lipinski definition) is 1. The van der Waals surface area contributed by atoms with Gasteiger partial charge in [-0.3, -0.25) is 0 Å². The molecule has 1 saturated heterocycles. The SMILES string of the molecule is Cc1cnc2c(O[C@H]3CC[C@@H](Nc4ncccn4)CC3)cc(N3CCOCC3)cc2n1. The van der Waals surface area contributed by atoms with Crippen LogP contribution in [0.1, 0.15) is 31.4 Å². The van der Waals surface area contributed by atoms with E-state index in [2.05, 4.69) is 37.3 Å². The van der Waals surface area contributed by atoms with Gasteiger partial charge < -0.3 is 19.7 Å². The van der Waals surface area contributed by atoms with Crippen molar-refractivity contribution in [1.82, 2.24) is 19.9 Å². The molecule has 1 aliphatic heterocycles. The number of hydrogen-bond acceptors (Lipinski definition) is 8. The number of nitrogens with one attached hydrogen (secondary N) is 1. The Kier molecular flexibility index (Phi) is 5.80. The van der Waals surface area contributed by atoms with Crippen molar-refractivity contribution in [2.45, 2.75) is 44.8 Å². The molecule has 162 valence electrons. The molecule has 3 aromatic rings. The molecule has 5 rings (SSSR count). The molecule has 2 aliphatic rings. The zero-order chi connectivity index (χ0) is 21.0. The van der Waals surface area contributed by atoms with Gasteiger partial charge in [0.2, 0.25) is 5.95 Å². The second-order valence-corrected chi connectivity index (χ2v) is 8.23. The summed E-state index contributed by atoms with van der Waals surface area (Å²) in [6.45, 7) is 5.22. The number of fused-ring (bicyclic) bond motifs is 1. The highest BCUT2D eigenvalue weighted by molar-refractivity contribution is 5.85. The number of aryl methyl sites for hydroxylation is 1. The lowest BCUT2D eigenvalue weighted by atomic mass is 9.93. The van der Waals surface area contributed by atoms with E-state index in [1.54, 1.807) is 12.4 Å². The maximum Gasteiger partial charge on any atom is 0.222 e. The topological polar surface area (TPSA) is 85.3 Å². The first-order chi connectivity index (χ1) is 15.2. The van der Waals surface area contributed by atoms with Gasteiger partial charge in [-0.15, -0.1) is 0 Å². The third kappa shape index (κ3) is 4.69. The fourth-order valence-corrected chi connectivity index (χ4v) is 4.33. The van der Waals surface area contributed by atoms with Crippen LogP contribution in [0, 0.1) is 6.92 Å². The monoisotopic (exact) mass is 420 g/mol. The molecule has 0 unspecified atom stereocenters. The maximum absolute atomic E-state index is 6.52. The third-order valence-electron chi connectivity index (χ3n) is 5.96. The van der Waals surface area contributed by atoms with Gasteiger partial charge in [0.1, 0.15) is 11.3 Å². The minimum absolute atomic E-state index is 0.168. The zero-order valence-electron chi connectivity index (χ0n) is 17.8. The van der Waals surface area contributed by atoms with Gasteiger partial charge in [0.15, 0.2) is 0 Å². The number of rotatable bonds is 5. The van der Waals surface area contributed by atoms with E-state index in [1.807, 2.05) is 19.2 Å². The quantitative estimate of drug-likeness (QED) is 0.673. The summed E-state index contributed by atoms with van der Waals surface area (Å²) in [6, 6.07) is 6.45.